The van der Waals surface area contributed by atoms with Crippen molar-refractivity contribution < 1.29 is 56.2 Å². The first kappa shape index (κ1) is 121. The van der Waals surface area contributed by atoms with Crippen LogP contribution in [0.5, 0.6) is 0 Å². The van der Waals surface area contributed by atoms with E-state index in [0.29, 0.717) is 0 Å². The Labute approximate surface area is 887 Å². The Kier molecular flexibility index (Phi) is 51.6. The second-order valence-corrected chi connectivity index (χ2v) is 57.5. The number of nitrogens with zero attached hydrogens (tertiary/aromatic N) is 12. The molecule has 4 saturated heterocycles. The molecule has 14 rings (SSSR count). The maximum atomic E-state index is 5.82. The van der Waals surface area contributed by atoms with E-state index in [9.17, 15) is 0 Å². The molecule has 0 saturated carbocycles. The summed E-state index contributed by atoms with van der Waals surface area (Å²) in [5.41, 5.74) is 48.1. The minimum absolute atomic E-state index is 0. The zero-order valence-corrected chi connectivity index (χ0v) is 101. The normalized spacial score (nSPS) is 13.5. The van der Waals surface area contributed by atoms with Gasteiger partial charge in [0.2, 0.25) is 0 Å². The summed E-state index contributed by atoms with van der Waals surface area (Å²) in [5, 5.41) is 0. The van der Waals surface area contributed by atoms with Crippen molar-refractivity contribution in [1.29, 1.82) is 0 Å². The van der Waals surface area contributed by atoms with Crippen LogP contribution < -0.4 is 49.0 Å². The van der Waals surface area contributed by atoms with Crippen molar-refractivity contribution in [2.75, 3.05) is 171 Å². The molecule has 138 heavy (non-hydrogen) atoms. The fourth-order valence-electron chi connectivity index (χ4n) is 19.6. The first-order valence-electron chi connectivity index (χ1n) is 47.1. The summed E-state index contributed by atoms with van der Waals surface area (Å²) in [6.45, 7) is 72.5. The van der Waals surface area contributed by atoms with Crippen molar-refractivity contribution in [3.63, 3.8) is 0 Å². The number of anilines is 10. The topological polar surface area (TPSA) is 38.9 Å². The summed E-state index contributed by atoms with van der Waals surface area (Å²) >= 11 is -4.77. The molecule has 4 aliphatic rings. The van der Waals surface area contributed by atoms with Crippen LogP contribution in [0.1, 0.15) is 164 Å². The van der Waals surface area contributed by atoms with Gasteiger partial charge in [-0.3, -0.25) is 0 Å². The summed E-state index contributed by atoms with van der Waals surface area (Å²) < 4.78 is 8.20. The molecule has 0 unspecified atom stereocenters. The standard InChI is InChI=1S/4C21H27N2.C10H13N.C9H11N.C6H13N.C5H11N.CH3.7ClH.4Ru/c4*1-14-9-16(3)20(17(4)10-14)22-7-8-23(13-22)21-18(5)11-15(2)12-19(21)6;1-4-9-7-5-6-8-10(9)11(2)3;1-8-6-4-5-7-9(8)10(2)3;1-4-5-6-7(2)3;1-4-5-6(2)3;;;;;;;;;;;;/h4*9-13H,7-8H2,1-6H3;1,5-8H,4H2,2-3H3;1,4-7H,2-3H3;1H,4-6H2,2-3H3;1H,4-5H2,2-3H3;1H3;7*1H;;;;/q4*-1;;;;;-1;;;;;;;;+1;3*+2/p-7. The van der Waals surface area contributed by atoms with E-state index >= 15 is 0 Å². The Balaban J connectivity index is 0.000000247. The third kappa shape index (κ3) is 37.3. The molecule has 10 aromatic carbocycles. The van der Waals surface area contributed by atoms with Gasteiger partial charge in [-0.15, -0.1) is 0 Å². The Bertz CT molecular complexity index is 4820. The van der Waals surface area contributed by atoms with Gasteiger partial charge in [0.05, 0.1) is 0 Å². The molecule has 765 valence electrons. The number of halogens is 7. The summed E-state index contributed by atoms with van der Waals surface area (Å²) in [4.78, 5) is 27.7. The molecule has 0 aromatic heterocycles. The van der Waals surface area contributed by atoms with Gasteiger partial charge < -0.3 is 46.6 Å². The molecule has 0 aliphatic carbocycles. The molecule has 4 aliphatic heterocycles. The SMILES string of the molecule is CN(C)CCC[CH]=[Ru]([Cl])[Cl].CN(C)CC[CH]=[Ru][Cl].CN(C)c1ccccc1C[CH]=[Ru]([Cl])[Cl].CN(C)c1ccccc1[CH]=[Ru]([Cl])[Cl].Cc1cc(C)c(N2[CH-]N(c3c(C)cc(C)cc3C)CC2)c(C)c1.Cc1cc(C)c(N2[CH-]N(c3c(C)cc(C)cc3C)CC2)c(C)c1.Cc1cc(C)c(N2[CH-]N(c3c(C)cc(C)cc3C)CC2)c(C)c1.Cc1cc(C)c(N2[CH-]N(c3c(C)cc(C)cc3C)CC2)c(C)c1.[CH3-]. The van der Waals surface area contributed by atoms with Gasteiger partial charge in [0.25, 0.3) is 0 Å². The summed E-state index contributed by atoms with van der Waals surface area (Å²) in [6, 6.07) is 52.8. The summed E-state index contributed by atoms with van der Waals surface area (Å²) in [6.07, 6.45) is 4.22. The van der Waals surface area contributed by atoms with Crippen molar-refractivity contribution in [3.05, 3.63) is 324 Å². The predicted molar refractivity (Wildman–Crippen MR) is 608 cm³/mol. The van der Waals surface area contributed by atoms with Crippen LogP contribution in [0, 0.1) is 200 Å². The number of para-hydroxylation sites is 2. The molecule has 10 aromatic rings. The van der Waals surface area contributed by atoms with Crippen LogP contribution in [0.25, 0.3) is 0 Å². The summed E-state index contributed by atoms with van der Waals surface area (Å²) in [5.74, 6) is 0. The van der Waals surface area contributed by atoms with Crippen molar-refractivity contribution >= 4 is 143 Å². The van der Waals surface area contributed by atoms with Crippen LogP contribution in [-0.2, 0) is 62.7 Å². The Hall–Kier alpha value is -5.88. The minimum atomic E-state index is -1.71. The molecule has 0 spiro atoms. The maximum absolute atomic E-state index is 5.82. The first-order valence-corrected chi connectivity index (χ1v) is 66.7. The van der Waals surface area contributed by atoms with E-state index in [2.05, 4.69) is 404 Å². The fourth-order valence-corrected chi connectivity index (χ4v) is 25.2. The second kappa shape index (κ2) is 58.9. The smallest absolute Gasteiger partial charge is 0.0146 e. The van der Waals surface area contributed by atoms with Crippen LogP contribution >= 0.6 is 67.8 Å². The van der Waals surface area contributed by atoms with Crippen LogP contribution in [0.2, 0.25) is 0 Å². The average molecular weight is 2360 g/mol. The largest absolute Gasteiger partial charge is 0.502 e. The fraction of sp³-hybridized carbons (Fsp3) is 0.400. The molecule has 0 amide bonds. The molecule has 0 N–H and O–H groups in total. The Morgan fingerprint density at radius 2 is 0.507 bits per heavy atom. The Morgan fingerprint density at radius 1 is 0.290 bits per heavy atom. The minimum Gasteiger partial charge on any atom is -0.502 e. The van der Waals surface area contributed by atoms with E-state index in [0.717, 1.165) is 102 Å². The van der Waals surface area contributed by atoms with Crippen LogP contribution in [0.3, 0.4) is 0 Å². The van der Waals surface area contributed by atoms with Crippen LogP contribution in [0.4, 0.5) is 56.9 Å². The third-order valence-electron chi connectivity index (χ3n) is 24.1. The molecule has 23 heteroatoms. The van der Waals surface area contributed by atoms with Crippen molar-refractivity contribution in [2.45, 2.75) is 192 Å². The quantitative estimate of drug-likeness (QED) is 0.0415. The van der Waals surface area contributed by atoms with Crippen molar-refractivity contribution in [3.8, 4) is 0 Å². The number of benzene rings is 10. The van der Waals surface area contributed by atoms with Gasteiger partial charge in [-0.2, -0.15) is 26.7 Å². The molecule has 0 radical (unpaired) electrons. The molecule has 0 atom stereocenters. The monoisotopic (exact) mass is 2360 g/mol. The average Bonchev–Trinajstić information content (AvgIpc) is 1.64. The third-order valence-corrected chi connectivity index (χ3v) is 31.8. The van der Waals surface area contributed by atoms with E-state index in [1.54, 1.807) is 0 Å². The van der Waals surface area contributed by atoms with E-state index in [1.807, 2.05) is 67.7 Å². The number of hydrogen-bond acceptors (Lipinski definition) is 12. The molecule has 0 bridgehead atoms. The first-order chi connectivity index (χ1) is 64.6. The van der Waals surface area contributed by atoms with Crippen molar-refractivity contribution in [1.82, 2.24) is 9.80 Å². The van der Waals surface area contributed by atoms with Gasteiger partial charge in [0, 0.05) is 97.9 Å². The van der Waals surface area contributed by atoms with Gasteiger partial charge in [-0.25, -0.2) is 0 Å². The Morgan fingerprint density at radius 3 is 0.710 bits per heavy atom. The second-order valence-electron chi connectivity index (χ2n) is 37.9. The van der Waals surface area contributed by atoms with Gasteiger partial charge >= 0.3 is 328 Å². The molecule has 4 fully saturated rings. The number of hydrogen-bond donors (Lipinski definition) is 0. The number of rotatable bonds is 20. The molecule has 4 heterocycles. The summed E-state index contributed by atoms with van der Waals surface area (Å²) in [7, 11) is 56.4. The van der Waals surface area contributed by atoms with Gasteiger partial charge in [0.1, 0.15) is 0 Å². The number of aryl methyl sites for hydroxylation is 24. The van der Waals surface area contributed by atoms with Crippen molar-refractivity contribution in [2.24, 2.45) is 0 Å². The predicted octanol–water partition coefficient (Wildman–Crippen LogP) is 29.3. The van der Waals surface area contributed by atoms with Gasteiger partial charge in [-0.05, 0) is 255 Å². The van der Waals surface area contributed by atoms with E-state index in [1.165, 1.54) is 190 Å². The van der Waals surface area contributed by atoms with E-state index in [4.69, 9.17) is 67.8 Å². The molecular formula is C115H159Cl7N12Ru4-5. The van der Waals surface area contributed by atoms with Crippen LogP contribution in [0.15, 0.2) is 146 Å². The number of unbranched alkanes of at least 4 members (excludes halogenated alkanes) is 1. The van der Waals surface area contributed by atoms with Crippen LogP contribution in [-0.4, -0.2) is 150 Å². The van der Waals surface area contributed by atoms with Gasteiger partial charge in [-0.1, -0.05) is 142 Å². The zero-order valence-electron chi connectivity index (χ0n) is 88.8. The van der Waals surface area contributed by atoms with E-state index in [-0.39, 0.29) is 23.1 Å². The van der Waals surface area contributed by atoms with E-state index < -0.39 is 40.6 Å². The molecule has 12 nitrogen and oxygen atoms in total. The van der Waals surface area contributed by atoms with Gasteiger partial charge in [0.15, 0.2) is 0 Å². The molecular weight excluding hydrogens is 2200 g/mol. The zero-order chi connectivity index (χ0) is 102. The maximum Gasteiger partial charge on any atom is 0.0146 e.